The van der Waals surface area contributed by atoms with Gasteiger partial charge in [-0.1, -0.05) is 6.92 Å². The van der Waals surface area contributed by atoms with Crippen LogP contribution < -0.4 is 10.1 Å². The van der Waals surface area contributed by atoms with Gasteiger partial charge in [0.2, 0.25) is 5.91 Å². The topological polar surface area (TPSA) is 125 Å². The Morgan fingerprint density at radius 1 is 1.02 bits per heavy atom. The normalized spacial score (nSPS) is 11.5. The SMILES string of the molecule is CCCC(=O)Nc1cncc(-c2cc3c(-c4cc5c(-c6cc(F)cc(OCCN(C)C)c6)ccnc5[nH]4)n[nH]c3cn2)c1. The first-order chi connectivity index (χ1) is 20.9. The number of carbonyl (C=O) groups excluding carboxylic acids is 1. The number of amides is 1. The number of halogens is 1. The highest BCUT2D eigenvalue weighted by molar-refractivity contribution is 6.00. The molecule has 0 aliphatic rings. The number of pyridine rings is 3. The monoisotopic (exact) mass is 578 g/mol. The minimum Gasteiger partial charge on any atom is -0.492 e. The minimum absolute atomic E-state index is 0.0555. The quantitative estimate of drug-likeness (QED) is 0.181. The summed E-state index contributed by atoms with van der Waals surface area (Å²) >= 11 is 0. The van der Waals surface area contributed by atoms with E-state index in [1.165, 1.54) is 12.1 Å². The van der Waals surface area contributed by atoms with E-state index in [9.17, 15) is 9.18 Å². The molecule has 6 rings (SSSR count). The molecule has 0 atom stereocenters. The molecule has 0 spiro atoms. The van der Waals surface area contributed by atoms with Crippen molar-refractivity contribution in [1.82, 2.24) is 35.0 Å². The fourth-order valence-corrected chi connectivity index (χ4v) is 4.93. The van der Waals surface area contributed by atoms with Crippen molar-refractivity contribution in [1.29, 1.82) is 0 Å². The summed E-state index contributed by atoms with van der Waals surface area (Å²) in [7, 11) is 3.92. The molecule has 0 unspecified atom stereocenters. The summed E-state index contributed by atoms with van der Waals surface area (Å²) in [5, 5.41) is 12.2. The lowest BCUT2D eigenvalue weighted by atomic mass is 10.0. The van der Waals surface area contributed by atoms with E-state index in [1.807, 2.05) is 56.3 Å². The van der Waals surface area contributed by atoms with Crippen LogP contribution >= 0.6 is 0 Å². The highest BCUT2D eigenvalue weighted by Crippen LogP contribution is 2.35. The maximum atomic E-state index is 14.6. The van der Waals surface area contributed by atoms with Crippen molar-refractivity contribution >= 4 is 33.5 Å². The standard InChI is InChI=1S/C32H31FN8O2/c1-4-5-30(42)37-22-11-20(16-34-17-22)27-15-26-29(18-36-27)39-40-31(26)28-14-25-24(6-7-35-32(25)38-28)19-10-21(33)13-23(12-19)43-9-8-41(2)3/h6-7,10-18H,4-5,8-9H2,1-3H3,(H,35,38)(H,37,42)(H,39,40). The predicted octanol–water partition coefficient (Wildman–Crippen LogP) is 6.05. The molecule has 10 nitrogen and oxygen atoms in total. The van der Waals surface area contributed by atoms with Gasteiger partial charge in [-0.15, -0.1) is 0 Å². The first-order valence-electron chi connectivity index (χ1n) is 14.0. The Labute approximate surface area is 247 Å². The first-order valence-corrected chi connectivity index (χ1v) is 14.0. The van der Waals surface area contributed by atoms with Gasteiger partial charge in [0.05, 0.1) is 35.0 Å². The van der Waals surface area contributed by atoms with Crippen molar-refractivity contribution in [2.24, 2.45) is 0 Å². The van der Waals surface area contributed by atoms with Crippen LogP contribution in [0, 0.1) is 5.82 Å². The zero-order chi connectivity index (χ0) is 29.9. The Morgan fingerprint density at radius 3 is 2.74 bits per heavy atom. The summed E-state index contributed by atoms with van der Waals surface area (Å²) in [6.45, 7) is 3.13. The second-order valence-corrected chi connectivity index (χ2v) is 10.6. The Kier molecular flexibility index (Phi) is 7.80. The van der Waals surface area contributed by atoms with Gasteiger partial charge in [-0.25, -0.2) is 9.37 Å². The van der Waals surface area contributed by atoms with Crippen molar-refractivity contribution in [2.45, 2.75) is 19.8 Å². The van der Waals surface area contributed by atoms with Crippen molar-refractivity contribution < 1.29 is 13.9 Å². The van der Waals surface area contributed by atoms with E-state index >= 15 is 0 Å². The molecule has 0 aliphatic heterocycles. The molecule has 0 radical (unpaired) electrons. The largest absolute Gasteiger partial charge is 0.492 e. The van der Waals surface area contributed by atoms with Crippen LogP contribution in [0.5, 0.6) is 5.75 Å². The molecule has 218 valence electrons. The lowest BCUT2D eigenvalue weighted by Crippen LogP contribution is -2.19. The van der Waals surface area contributed by atoms with Crippen molar-refractivity contribution in [2.75, 3.05) is 32.6 Å². The maximum absolute atomic E-state index is 14.6. The molecule has 5 aromatic heterocycles. The molecule has 1 amide bonds. The molecule has 11 heteroatoms. The van der Waals surface area contributed by atoms with Gasteiger partial charge in [0, 0.05) is 47.8 Å². The van der Waals surface area contributed by atoms with E-state index in [0.29, 0.717) is 47.1 Å². The molecule has 6 aromatic rings. The van der Waals surface area contributed by atoms with Crippen molar-refractivity contribution in [3.8, 4) is 39.5 Å². The number of anilines is 1. The number of likely N-dealkylation sites (N-methyl/N-ethyl adjacent to an activating group) is 1. The number of fused-ring (bicyclic) bond motifs is 2. The summed E-state index contributed by atoms with van der Waals surface area (Å²) in [4.78, 5) is 30.9. The molecule has 5 heterocycles. The van der Waals surface area contributed by atoms with Crippen LogP contribution in [0.15, 0.2) is 67.3 Å². The third kappa shape index (κ3) is 6.07. The fourth-order valence-electron chi connectivity index (χ4n) is 4.93. The first kappa shape index (κ1) is 28.0. The molecule has 0 aliphatic carbocycles. The molecule has 1 aromatic carbocycles. The van der Waals surface area contributed by atoms with E-state index in [-0.39, 0.29) is 11.7 Å². The van der Waals surface area contributed by atoms with Crippen LogP contribution in [0.4, 0.5) is 10.1 Å². The Hall–Kier alpha value is -5.16. The average Bonchev–Trinajstić information content (AvgIpc) is 3.60. The Bertz CT molecular complexity index is 1930. The van der Waals surface area contributed by atoms with E-state index in [2.05, 4.69) is 35.5 Å². The second-order valence-electron chi connectivity index (χ2n) is 10.6. The number of aromatic nitrogens is 6. The highest BCUT2D eigenvalue weighted by atomic mass is 19.1. The molecule has 0 bridgehead atoms. The van der Waals surface area contributed by atoms with E-state index in [1.54, 1.807) is 24.8 Å². The zero-order valence-corrected chi connectivity index (χ0v) is 24.1. The fraction of sp³-hybridized carbons (Fsp3) is 0.219. The molecular formula is C32H31FN8O2. The molecule has 0 fully saturated rings. The zero-order valence-electron chi connectivity index (χ0n) is 24.1. The lowest BCUT2D eigenvalue weighted by Gasteiger charge is -2.12. The van der Waals surface area contributed by atoms with Gasteiger partial charge in [0.15, 0.2) is 0 Å². The number of ether oxygens (including phenoxy) is 1. The number of aromatic amines is 2. The maximum Gasteiger partial charge on any atom is 0.224 e. The Balaban J connectivity index is 1.35. The van der Waals surface area contributed by atoms with Crippen LogP contribution in [0.2, 0.25) is 0 Å². The van der Waals surface area contributed by atoms with Gasteiger partial charge in [0.25, 0.3) is 0 Å². The molecule has 43 heavy (non-hydrogen) atoms. The lowest BCUT2D eigenvalue weighted by molar-refractivity contribution is -0.116. The summed E-state index contributed by atoms with van der Waals surface area (Å²) in [5.41, 5.74) is 6.42. The van der Waals surface area contributed by atoms with Gasteiger partial charge in [-0.2, -0.15) is 5.10 Å². The number of nitrogens with zero attached hydrogens (tertiary/aromatic N) is 5. The van der Waals surface area contributed by atoms with Gasteiger partial charge >= 0.3 is 0 Å². The summed E-state index contributed by atoms with van der Waals surface area (Å²) in [5.74, 6) is 0.0411. The summed E-state index contributed by atoms with van der Waals surface area (Å²) in [6.07, 6.45) is 7.95. The summed E-state index contributed by atoms with van der Waals surface area (Å²) in [6, 6.07) is 12.4. The third-order valence-electron chi connectivity index (χ3n) is 7.02. The highest BCUT2D eigenvalue weighted by Gasteiger charge is 2.17. The van der Waals surface area contributed by atoms with E-state index in [4.69, 9.17) is 4.74 Å². The van der Waals surface area contributed by atoms with Crippen LogP contribution in [0.3, 0.4) is 0 Å². The number of benzene rings is 1. The van der Waals surface area contributed by atoms with Crippen LogP contribution in [-0.4, -0.2) is 68.2 Å². The molecule has 0 saturated carbocycles. The van der Waals surface area contributed by atoms with Crippen molar-refractivity contribution in [3.05, 3.63) is 73.1 Å². The number of H-pyrrole nitrogens is 2. The number of rotatable bonds is 10. The number of hydrogen-bond donors (Lipinski definition) is 3. The number of hydrogen-bond acceptors (Lipinski definition) is 7. The van der Waals surface area contributed by atoms with Gasteiger partial charge in [-0.3, -0.25) is 19.9 Å². The van der Waals surface area contributed by atoms with Gasteiger partial charge in [-0.05, 0) is 68.0 Å². The van der Waals surface area contributed by atoms with Gasteiger partial charge in [0.1, 0.15) is 29.5 Å². The van der Waals surface area contributed by atoms with Gasteiger partial charge < -0.3 is 19.9 Å². The van der Waals surface area contributed by atoms with E-state index in [0.717, 1.165) is 46.1 Å². The number of nitrogens with one attached hydrogen (secondary N) is 3. The molecular weight excluding hydrogens is 547 g/mol. The predicted molar refractivity (Wildman–Crippen MR) is 165 cm³/mol. The third-order valence-corrected chi connectivity index (χ3v) is 7.02. The average molecular weight is 579 g/mol. The second kappa shape index (κ2) is 12.0. The summed E-state index contributed by atoms with van der Waals surface area (Å²) < 4.78 is 20.5. The smallest absolute Gasteiger partial charge is 0.224 e. The van der Waals surface area contributed by atoms with E-state index < -0.39 is 0 Å². The Morgan fingerprint density at radius 2 is 1.91 bits per heavy atom. The molecule has 0 saturated heterocycles. The van der Waals surface area contributed by atoms with Crippen LogP contribution in [0.25, 0.3) is 55.7 Å². The molecule has 3 N–H and O–H groups in total. The number of carbonyl (C=O) groups is 1. The van der Waals surface area contributed by atoms with Crippen LogP contribution in [-0.2, 0) is 4.79 Å². The minimum atomic E-state index is -0.375. The van der Waals surface area contributed by atoms with Crippen molar-refractivity contribution in [3.63, 3.8) is 0 Å². The van der Waals surface area contributed by atoms with Crippen LogP contribution in [0.1, 0.15) is 19.8 Å².